The average Bonchev–Trinajstić information content (AvgIpc) is 3.06. The lowest BCUT2D eigenvalue weighted by atomic mass is 9.84. The summed E-state index contributed by atoms with van der Waals surface area (Å²) in [5.41, 5.74) is -1.42. The zero-order valence-corrected chi connectivity index (χ0v) is 20.5. The van der Waals surface area contributed by atoms with E-state index in [2.05, 4.69) is 0 Å². The number of carboxylic acid groups (broad SMARTS) is 1. The fourth-order valence-corrected chi connectivity index (χ4v) is 5.40. The molecule has 6 atom stereocenters. The highest BCUT2D eigenvalue weighted by Gasteiger charge is 2.65. The highest BCUT2D eigenvalue weighted by atomic mass is 16.8. The number of rotatable bonds is 10. The molecule has 3 aliphatic rings. The number of para-hydroxylation sites is 1. The van der Waals surface area contributed by atoms with Gasteiger partial charge < -0.3 is 33.9 Å². The summed E-state index contributed by atoms with van der Waals surface area (Å²) in [6, 6.07) is 9.23. The molecule has 0 bridgehead atoms. The van der Waals surface area contributed by atoms with Crippen molar-refractivity contribution in [3.05, 3.63) is 42.5 Å². The molecule has 0 radical (unpaired) electrons. The Balaban J connectivity index is 1.75. The van der Waals surface area contributed by atoms with Gasteiger partial charge in [-0.3, -0.25) is 4.79 Å². The number of benzene rings is 1. The Bertz CT molecular complexity index is 833. The van der Waals surface area contributed by atoms with E-state index in [1.807, 2.05) is 49.4 Å². The highest BCUT2D eigenvalue weighted by Crippen LogP contribution is 2.52. The van der Waals surface area contributed by atoms with Crippen LogP contribution < -0.4 is 4.74 Å². The predicted octanol–water partition coefficient (Wildman–Crippen LogP) is 4.41. The number of hydrogen-bond donors (Lipinski definition) is 2. The average molecular weight is 491 g/mol. The van der Waals surface area contributed by atoms with Crippen molar-refractivity contribution in [2.45, 2.75) is 94.8 Å². The molecule has 0 amide bonds. The Morgan fingerprint density at radius 1 is 1.09 bits per heavy atom. The minimum atomic E-state index is -1.46. The van der Waals surface area contributed by atoms with Crippen molar-refractivity contribution in [2.75, 3.05) is 13.2 Å². The smallest absolute Gasteiger partial charge is 0.303 e. The first-order chi connectivity index (χ1) is 16.9. The fourth-order valence-electron chi connectivity index (χ4n) is 5.40. The number of hydrogen-bond acceptors (Lipinski definition) is 7. The molecule has 0 spiro atoms. The summed E-state index contributed by atoms with van der Waals surface area (Å²) >= 11 is 0. The van der Waals surface area contributed by atoms with Crippen LogP contribution in [0.1, 0.15) is 64.7 Å². The molecular weight excluding hydrogens is 452 g/mol. The van der Waals surface area contributed by atoms with Gasteiger partial charge in [-0.15, -0.1) is 0 Å². The number of allylic oxidation sites excluding steroid dienone is 1. The third-order valence-electron chi connectivity index (χ3n) is 7.08. The minimum absolute atomic E-state index is 0.0361. The Morgan fingerprint density at radius 3 is 2.37 bits per heavy atom. The van der Waals surface area contributed by atoms with Gasteiger partial charge in [0.1, 0.15) is 11.9 Å². The Labute approximate surface area is 207 Å². The van der Waals surface area contributed by atoms with Gasteiger partial charge in [0.15, 0.2) is 12.6 Å². The van der Waals surface area contributed by atoms with E-state index in [0.29, 0.717) is 31.8 Å². The lowest BCUT2D eigenvalue weighted by Gasteiger charge is -2.41. The fraction of sp³-hybridized carbons (Fsp3) is 0.667. The van der Waals surface area contributed by atoms with Gasteiger partial charge in [0.05, 0.1) is 12.0 Å². The monoisotopic (exact) mass is 490 g/mol. The molecule has 3 fully saturated rings. The van der Waals surface area contributed by atoms with Crippen molar-refractivity contribution in [1.29, 1.82) is 0 Å². The standard InChI is InChI=1S/C27H38O8/c1-2-3-15-26(30)19-27(34-20-11-5-4-6-12-20,35-24-14-8-10-17-32-24)25(21(26)18-22(28)29)33-23-13-7-9-16-31-23/h2-6,11-12,21,23-25,30H,7-10,13-19H2,1H3,(H,28,29)/b3-2+. The van der Waals surface area contributed by atoms with E-state index in [4.69, 9.17) is 23.7 Å². The van der Waals surface area contributed by atoms with Crippen molar-refractivity contribution < 1.29 is 38.7 Å². The van der Waals surface area contributed by atoms with E-state index in [-0.39, 0.29) is 19.3 Å². The summed E-state index contributed by atoms with van der Waals surface area (Å²) in [6.45, 7) is 3.02. The van der Waals surface area contributed by atoms with Crippen LogP contribution in [-0.4, -0.2) is 59.5 Å². The van der Waals surface area contributed by atoms with Crippen LogP contribution in [0.2, 0.25) is 0 Å². The van der Waals surface area contributed by atoms with E-state index in [0.717, 1.165) is 25.7 Å². The number of ether oxygens (including phenoxy) is 5. The normalized spacial score (nSPS) is 35.8. The Kier molecular flexibility index (Phi) is 8.83. The van der Waals surface area contributed by atoms with Crippen LogP contribution in [-0.2, 0) is 23.7 Å². The number of aliphatic carboxylic acids is 1. The first-order valence-corrected chi connectivity index (χ1v) is 12.8. The summed E-state index contributed by atoms with van der Waals surface area (Å²) in [5, 5.41) is 21.8. The molecule has 1 saturated carbocycles. The number of carbonyl (C=O) groups is 1. The third kappa shape index (κ3) is 6.43. The van der Waals surface area contributed by atoms with E-state index >= 15 is 0 Å². The molecule has 8 nitrogen and oxygen atoms in total. The zero-order valence-electron chi connectivity index (χ0n) is 20.5. The summed E-state index contributed by atoms with van der Waals surface area (Å²) in [6.07, 6.45) is 6.91. The Hall–Kier alpha value is -1.97. The molecule has 8 heteroatoms. The molecular formula is C27H38O8. The molecule has 1 aliphatic carbocycles. The molecule has 35 heavy (non-hydrogen) atoms. The van der Waals surface area contributed by atoms with Crippen LogP contribution in [0.4, 0.5) is 0 Å². The van der Waals surface area contributed by atoms with E-state index in [1.165, 1.54) is 0 Å². The first-order valence-electron chi connectivity index (χ1n) is 12.8. The SMILES string of the molecule is C/C=C/CC1(O)CC(Oc2ccccc2)(OC2CCCCO2)C(OC2CCCCO2)C1CC(=O)O. The predicted molar refractivity (Wildman–Crippen MR) is 128 cm³/mol. The van der Waals surface area contributed by atoms with Gasteiger partial charge in [-0.2, -0.15) is 0 Å². The van der Waals surface area contributed by atoms with Crippen LogP contribution >= 0.6 is 0 Å². The van der Waals surface area contributed by atoms with Gasteiger partial charge >= 0.3 is 5.97 Å². The second kappa shape index (κ2) is 11.8. The van der Waals surface area contributed by atoms with Crippen molar-refractivity contribution in [3.63, 3.8) is 0 Å². The van der Waals surface area contributed by atoms with Gasteiger partial charge in [0, 0.05) is 25.6 Å². The van der Waals surface area contributed by atoms with Crippen molar-refractivity contribution in [2.24, 2.45) is 5.92 Å². The maximum absolute atomic E-state index is 12.0. The van der Waals surface area contributed by atoms with Crippen molar-refractivity contribution in [1.82, 2.24) is 0 Å². The lowest BCUT2D eigenvalue weighted by molar-refractivity contribution is -0.336. The molecule has 4 rings (SSSR count). The quantitative estimate of drug-likeness (QED) is 0.367. The van der Waals surface area contributed by atoms with E-state index in [9.17, 15) is 15.0 Å². The number of aliphatic hydroxyl groups is 1. The molecule has 1 aromatic carbocycles. The second-order valence-corrected chi connectivity index (χ2v) is 9.75. The number of carboxylic acids is 1. The summed E-state index contributed by atoms with van der Waals surface area (Å²) in [4.78, 5) is 12.0. The molecule has 0 aromatic heterocycles. The maximum Gasteiger partial charge on any atom is 0.303 e. The largest absolute Gasteiger partial charge is 0.481 e. The van der Waals surface area contributed by atoms with Gasteiger partial charge in [-0.05, 0) is 64.0 Å². The van der Waals surface area contributed by atoms with Crippen LogP contribution in [0.5, 0.6) is 5.75 Å². The first kappa shape index (κ1) is 26.1. The summed E-state index contributed by atoms with van der Waals surface area (Å²) in [5.74, 6) is -2.71. The lowest BCUT2D eigenvalue weighted by Crippen LogP contribution is -2.53. The molecule has 2 saturated heterocycles. The van der Waals surface area contributed by atoms with E-state index < -0.39 is 42.0 Å². The van der Waals surface area contributed by atoms with Gasteiger partial charge in [-0.25, -0.2) is 0 Å². The van der Waals surface area contributed by atoms with Crippen molar-refractivity contribution in [3.8, 4) is 5.75 Å². The van der Waals surface area contributed by atoms with Gasteiger partial charge in [-0.1, -0.05) is 30.4 Å². The zero-order chi connectivity index (χ0) is 24.7. The summed E-state index contributed by atoms with van der Waals surface area (Å²) < 4.78 is 31.4. The molecule has 2 heterocycles. The highest BCUT2D eigenvalue weighted by molar-refractivity contribution is 5.67. The van der Waals surface area contributed by atoms with Gasteiger partial charge in [0.2, 0.25) is 5.79 Å². The molecule has 2 N–H and O–H groups in total. The molecule has 2 aliphatic heterocycles. The topological polar surface area (TPSA) is 104 Å². The molecule has 1 aromatic rings. The molecule has 194 valence electrons. The van der Waals surface area contributed by atoms with Crippen LogP contribution in [0.25, 0.3) is 0 Å². The minimum Gasteiger partial charge on any atom is -0.481 e. The van der Waals surface area contributed by atoms with Crippen LogP contribution in [0, 0.1) is 5.92 Å². The third-order valence-corrected chi connectivity index (χ3v) is 7.08. The van der Waals surface area contributed by atoms with Crippen molar-refractivity contribution >= 4 is 5.97 Å². The van der Waals surface area contributed by atoms with E-state index in [1.54, 1.807) is 0 Å². The summed E-state index contributed by atoms with van der Waals surface area (Å²) in [7, 11) is 0. The second-order valence-electron chi connectivity index (χ2n) is 9.75. The van der Waals surface area contributed by atoms with Crippen LogP contribution in [0.3, 0.4) is 0 Å². The Morgan fingerprint density at radius 2 is 1.77 bits per heavy atom. The van der Waals surface area contributed by atoms with Crippen LogP contribution in [0.15, 0.2) is 42.5 Å². The van der Waals surface area contributed by atoms with Gasteiger partial charge in [0.25, 0.3) is 0 Å². The maximum atomic E-state index is 12.0. The molecule has 6 unspecified atom stereocenters.